The van der Waals surface area contributed by atoms with E-state index in [4.69, 9.17) is 23.2 Å². The molecule has 1 fully saturated rings. The van der Waals surface area contributed by atoms with Crippen molar-refractivity contribution in [3.05, 3.63) is 100 Å². The first-order chi connectivity index (χ1) is 20.7. The fraction of sp³-hybridized carbons (Fsp3) is 0.300. The van der Waals surface area contributed by atoms with Gasteiger partial charge in [0.1, 0.15) is 10.2 Å². The molecule has 4 aromatic rings. The summed E-state index contributed by atoms with van der Waals surface area (Å²) < 4.78 is 70.3. The Morgan fingerprint density at radius 3 is 2.32 bits per heavy atom. The molecule has 14 heteroatoms. The number of halogens is 5. The SMILES string of the molecule is CCCCc1nn(-c2ccccc2C(F)(F)F)c(=O)n1Cc1ccc(-c2ccccc2S(=O)(=O)NC(=O)C2CC2(Cl)Cl)cc1. The highest BCUT2D eigenvalue weighted by atomic mass is 35.5. The van der Waals surface area contributed by atoms with Gasteiger partial charge >= 0.3 is 11.9 Å². The Balaban J connectivity index is 1.45. The Bertz CT molecular complexity index is 1870. The summed E-state index contributed by atoms with van der Waals surface area (Å²) in [6.07, 6.45) is -2.68. The minimum Gasteiger partial charge on any atom is -0.274 e. The number of amides is 1. The van der Waals surface area contributed by atoms with Gasteiger partial charge in [-0.2, -0.15) is 17.9 Å². The van der Waals surface area contributed by atoms with Gasteiger partial charge in [-0.05, 0) is 42.2 Å². The lowest BCUT2D eigenvalue weighted by Crippen LogP contribution is -2.33. The van der Waals surface area contributed by atoms with Crippen LogP contribution in [-0.4, -0.2) is 33.0 Å². The van der Waals surface area contributed by atoms with Crippen molar-refractivity contribution in [2.24, 2.45) is 5.92 Å². The minimum absolute atomic E-state index is 0.0301. The molecular weight excluding hydrogens is 640 g/mol. The molecule has 0 saturated heterocycles. The topological polar surface area (TPSA) is 103 Å². The van der Waals surface area contributed by atoms with Crippen LogP contribution in [0.2, 0.25) is 0 Å². The van der Waals surface area contributed by atoms with Crippen LogP contribution >= 0.6 is 23.2 Å². The van der Waals surface area contributed by atoms with Crippen LogP contribution in [0.15, 0.2) is 82.5 Å². The van der Waals surface area contributed by atoms with Crippen molar-refractivity contribution in [1.82, 2.24) is 19.1 Å². The average molecular weight is 668 g/mol. The molecule has 232 valence electrons. The quantitative estimate of drug-likeness (QED) is 0.206. The Hall–Kier alpha value is -3.61. The summed E-state index contributed by atoms with van der Waals surface area (Å²) in [6.45, 7) is 1.98. The first kappa shape index (κ1) is 31.8. The second kappa shape index (κ2) is 12.1. The maximum atomic E-state index is 13.7. The largest absolute Gasteiger partial charge is 0.418 e. The van der Waals surface area contributed by atoms with E-state index in [-0.39, 0.29) is 23.5 Å². The van der Waals surface area contributed by atoms with Gasteiger partial charge in [-0.15, -0.1) is 28.3 Å². The van der Waals surface area contributed by atoms with Crippen LogP contribution in [0, 0.1) is 5.92 Å². The van der Waals surface area contributed by atoms with Crippen molar-refractivity contribution in [2.75, 3.05) is 0 Å². The predicted molar refractivity (Wildman–Crippen MR) is 160 cm³/mol. The molecule has 1 atom stereocenters. The molecule has 44 heavy (non-hydrogen) atoms. The standard InChI is InChI=1S/C30H27Cl2F3N4O4S/c1-2-3-12-26-36-39(24-10-6-5-9-22(24)30(33,34)35)28(41)38(26)18-19-13-15-20(16-14-19)21-8-4-7-11-25(21)44(42,43)37-27(40)23-17-29(23,31)32/h4-11,13-16,23H,2-3,12,17-18H2,1H3,(H,37,40). The number of rotatable bonds is 10. The van der Waals surface area contributed by atoms with Gasteiger partial charge in [-0.25, -0.2) is 17.9 Å². The van der Waals surface area contributed by atoms with Gasteiger partial charge in [0.05, 0.1) is 28.6 Å². The van der Waals surface area contributed by atoms with E-state index in [1.54, 1.807) is 36.4 Å². The predicted octanol–water partition coefficient (Wildman–Crippen LogP) is 6.11. The Morgan fingerprint density at radius 1 is 1.05 bits per heavy atom. The minimum atomic E-state index is -4.68. The number of hydrogen-bond donors (Lipinski definition) is 1. The molecule has 1 unspecified atom stereocenters. The van der Waals surface area contributed by atoms with Crippen molar-refractivity contribution in [3.63, 3.8) is 0 Å². The van der Waals surface area contributed by atoms with Crippen molar-refractivity contribution in [2.45, 2.75) is 54.6 Å². The molecule has 1 aromatic heterocycles. The Labute approximate surface area is 261 Å². The third-order valence-corrected chi connectivity index (χ3v) is 9.53. The first-order valence-electron chi connectivity index (χ1n) is 13.7. The highest BCUT2D eigenvalue weighted by Crippen LogP contribution is 2.53. The zero-order valence-electron chi connectivity index (χ0n) is 23.3. The fourth-order valence-corrected chi connectivity index (χ4v) is 6.60. The summed E-state index contributed by atoms with van der Waals surface area (Å²) in [5, 5.41) is 4.29. The van der Waals surface area contributed by atoms with Gasteiger partial charge in [-0.1, -0.05) is 67.9 Å². The second-order valence-corrected chi connectivity index (χ2v) is 13.7. The average Bonchev–Trinajstić information content (AvgIpc) is 3.53. The number of carbonyl (C=O) groups is 1. The van der Waals surface area contributed by atoms with Gasteiger partial charge in [-0.3, -0.25) is 9.36 Å². The number of aryl methyl sites for hydroxylation is 1. The third kappa shape index (κ3) is 6.57. The molecule has 1 heterocycles. The Morgan fingerprint density at radius 2 is 1.68 bits per heavy atom. The number of benzene rings is 3. The molecule has 8 nitrogen and oxygen atoms in total. The summed E-state index contributed by atoms with van der Waals surface area (Å²) in [7, 11) is -4.26. The van der Waals surface area contributed by atoms with Crippen LogP contribution in [0.25, 0.3) is 16.8 Å². The van der Waals surface area contributed by atoms with Gasteiger partial charge < -0.3 is 0 Å². The molecular formula is C30H27Cl2F3N4O4S. The van der Waals surface area contributed by atoms with Gasteiger partial charge in [0.2, 0.25) is 5.91 Å². The molecule has 5 rings (SSSR count). The van der Waals surface area contributed by atoms with Crippen molar-refractivity contribution < 1.29 is 26.4 Å². The van der Waals surface area contributed by atoms with Crippen LogP contribution in [-0.2, 0) is 34.0 Å². The highest BCUT2D eigenvalue weighted by Gasteiger charge is 2.57. The normalized spacial score (nSPS) is 16.1. The molecule has 0 aliphatic heterocycles. The van der Waals surface area contributed by atoms with Gasteiger partial charge in [0.25, 0.3) is 10.0 Å². The number of nitrogens with zero attached hydrogens (tertiary/aromatic N) is 3. The number of nitrogens with one attached hydrogen (secondary N) is 1. The van der Waals surface area contributed by atoms with E-state index < -0.39 is 43.6 Å². The van der Waals surface area contributed by atoms with E-state index in [1.165, 1.54) is 34.9 Å². The second-order valence-electron chi connectivity index (χ2n) is 10.5. The number of alkyl halides is 5. The monoisotopic (exact) mass is 666 g/mol. The van der Waals surface area contributed by atoms with Crippen molar-refractivity contribution in [1.29, 1.82) is 0 Å². The summed E-state index contributed by atoms with van der Waals surface area (Å²) in [6, 6.07) is 17.6. The summed E-state index contributed by atoms with van der Waals surface area (Å²) >= 11 is 11.8. The zero-order chi connectivity index (χ0) is 31.9. The van der Waals surface area contributed by atoms with Crippen LogP contribution < -0.4 is 10.4 Å². The summed E-state index contributed by atoms with van der Waals surface area (Å²) in [4.78, 5) is 25.7. The van der Waals surface area contributed by atoms with Crippen LogP contribution in [0.3, 0.4) is 0 Å². The van der Waals surface area contributed by atoms with E-state index in [0.717, 1.165) is 17.2 Å². The maximum Gasteiger partial charge on any atom is 0.418 e. The number of carbonyl (C=O) groups excluding carboxylic acids is 1. The van der Waals surface area contributed by atoms with Crippen LogP contribution in [0.4, 0.5) is 13.2 Å². The number of aromatic nitrogens is 3. The number of sulfonamides is 1. The van der Waals surface area contributed by atoms with E-state index in [9.17, 15) is 31.2 Å². The number of hydrogen-bond acceptors (Lipinski definition) is 5. The molecule has 1 amide bonds. The van der Waals surface area contributed by atoms with Gasteiger partial charge in [0, 0.05) is 12.0 Å². The molecule has 0 spiro atoms. The number of para-hydroxylation sites is 1. The van der Waals surface area contributed by atoms with Crippen LogP contribution in [0.5, 0.6) is 0 Å². The Kier molecular flexibility index (Phi) is 8.71. The molecule has 3 aromatic carbocycles. The molecule has 1 aliphatic carbocycles. The fourth-order valence-electron chi connectivity index (χ4n) is 4.84. The maximum absolute atomic E-state index is 13.7. The highest BCUT2D eigenvalue weighted by molar-refractivity contribution is 7.90. The smallest absolute Gasteiger partial charge is 0.274 e. The lowest BCUT2D eigenvalue weighted by atomic mass is 10.0. The van der Waals surface area contributed by atoms with Crippen LogP contribution in [0.1, 0.15) is 43.1 Å². The van der Waals surface area contributed by atoms with Crippen molar-refractivity contribution >= 4 is 39.1 Å². The van der Waals surface area contributed by atoms with E-state index in [2.05, 4.69) is 5.10 Å². The molecule has 1 N–H and O–H groups in total. The third-order valence-electron chi connectivity index (χ3n) is 7.29. The molecule has 0 radical (unpaired) electrons. The zero-order valence-corrected chi connectivity index (χ0v) is 25.6. The molecule has 0 bridgehead atoms. The summed E-state index contributed by atoms with van der Waals surface area (Å²) in [5.41, 5.74) is -0.546. The van der Waals surface area contributed by atoms with Gasteiger partial charge in [0.15, 0.2) is 0 Å². The first-order valence-corrected chi connectivity index (χ1v) is 15.9. The summed E-state index contributed by atoms with van der Waals surface area (Å²) in [5.74, 6) is -1.27. The lowest BCUT2D eigenvalue weighted by Gasteiger charge is -2.13. The van der Waals surface area contributed by atoms with E-state index in [0.29, 0.717) is 35.4 Å². The van der Waals surface area contributed by atoms with E-state index >= 15 is 0 Å². The number of unbranched alkanes of at least 4 members (excludes halogenated alkanes) is 1. The van der Waals surface area contributed by atoms with E-state index in [1.807, 2.05) is 11.6 Å². The molecule has 1 saturated carbocycles. The van der Waals surface area contributed by atoms with Crippen molar-refractivity contribution in [3.8, 4) is 16.8 Å². The lowest BCUT2D eigenvalue weighted by molar-refractivity contribution is -0.137. The molecule has 1 aliphatic rings.